The molecule has 0 saturated heterocycles. The maximum absolute atomic E-state index is 10.1. The van der Waals surface area contributed by atoms with Crippen LogP contribution < -0.4 is 0 Å². The van der Waals surface area contributed by atoms with Crippen LogP contribution in [0.15, 0.2) is 12.2 Å². The Morgan fingerprint density at radius 3 is 2.30 bits per heavy atom. The van der Waals surface area contributed by atoms with Gasteiger partial charge in [0.25, 0.3) is 10.1 Å². The largest absolute Gasteiger partial charge is 0.392 e. The lowest BCUT2D eigenvalue weighted by Gasteiger charge is -1.89. The molecule has 0 saturated carbocycles. The summed E-state index contributed by atoms with van der Waals surface area (Å²) in [6, 6.07) is 0. The first-order valence-electron chi connectivity index (χ1n) is 2.77. The van der Waals surface area contributed by atoms with Crippen LogP contribution in [-0.2, 0) is 10.1 Å². The number of aliphatic hydroxyl groups excluding tert-OH is 1. The van der Waals surface area contributed by atoms with E-state index in [9.17, 15) is 8.42 Å². The van der Waals surface area contributed by atoms with Crippen molar-refractivity contribution in [2.24, 2.45) is 0 Å². The van der Waals surface area contributed by atoms with Gasteiger partial charge in [0.1, 0.15) is 0 Å². The fraction of sp³-hybridized carbons (Fsp3) is 0.600. The molecular weight excluding hydrogens is 156 g/mol. The molecule has 0 aromatic heterocycles. The lowest BCUT2D eigenvalue weighted by molar-refractivity contribution is 0.342. The van der Waals surface area contributed by atoms with E-state index in [0.29, 0.717) is 0 Å². The van der Waals surface area contributed by atoms with Crippen molar-refractivity contribution in [3.63, 3.8) is 0 Å². The van der Waals surface area contributed by atoms with Crippen LogP contribution in [0.25, 0.3) is 0 Å². The lowest BCUT2D eigenvalue weighted by atomic mass is 10.4. The van der Waals surface area contributed by atoms with Crippen LogP contribution in [0.4, 0.5) is 0 Å². The molecule has 0 aromatic rings. The van der Waals surface area contributed by atoms with E-state index < -0.39 is 10.1 Å². The summed E-state index contributed by atoms with van der Waals surface area (Å²) >= 11 is 0. The van der Waals surface area contributed by atoms with E-state index in [2.05, 4.69) is 0 Å². The summed E-state index contributed by atoms with van der Waals surface area (Å²) in [4.78, 5) is 0. The first kappa shape index (κ1) is 9.61. The summed E-state index contributed by atoms with van der Waals surface area (Å²) < 4.78 is 28.3. The van der Waals surface area contributed by atoms with Gasteiger partial charge in [-0.1, -0.05) is 12.2 Å². The molecule has 0 bridgehead atoms. The Morgan fingerprint density at radius 2 is 1.90 bits per heavy atom. The van der Waals surface area contributed by atoms with Crippen molar-refractivity contribution < 1.29 is 18.1 Å². The van der Waals surface area contributed by atoms with Gasteiger partial charge in [-0.3, -0.25) is 4.55 Å². The van der Waals surface area contributed by atoms with Gasteiger partial charge in [-0.05, 0) is 6.42 Å². The summed E-state index contributed by atoms with van der Waals surface area (Å²) in [7, 11) is -3.84. The predicted octanol–water partition coefficient (Wildman–Crippen LogP) is -0.187. The SMILES string of the molecule is O=S(=O)(O)CCC=CCO. The van der Waals surface area contributed by atoms with Crippen LogP contribution in [0.5, 0.6) is 0 Å². The highest BCUT2D eigenvalue weighted by Gasteiger charge is 1.99. The molecule has 0 aliphatic heterocycles. The summed E-state index contributed by atoms with van der Waals surface area (Å²) in [6.45, 7) is -0.106. The van der Waals surface area contributed by atoms with Gasteiger partial charge in [-0.15, -0.1) is 0 Å². The molecule has 0 amide bonds. The Hall–Kier alpha value is -0.390. The average molecular weight is 166 g/mol. The van der Waals surface area contributed by atoms with Crippen LogP contribution in [0.1, 0.15) is 6.42 Å². The van der Waals surface area contributed by atoms with E-state index in [0.717, 1.165) is 0 Å². The zero-order valence-corrected chi connectivity index (χ0v) is 6.21. The zero-order valence-electron chi connectivity index (χ0n) is 5.40. The Kier molecular flexibility index (Phi) is 4.26. The fourth-order valence-electron chi connectivity index (χ4n) is 0.409. The van der Waals surface area contributed by atoms with Crippen LogP contribution in [0.2, 0.25) is 0 Å². The van der Waals surface area contributed by atoms with Crippen molar-refractivity contribution in [1.82, 2.24) is 0 Å². The van der Waals surface area contributed by atoms with Crippen molar-refractivity contribution >= 4 is 10.1 Å². The first-order valence-corrected chi connectivity index (χ1v) is 4.38. The highest BCUT2D eigenvalue weighted by molar-refractivity contribution is 7.85. The third kappa shape index (κ3) is 7.61. The van der Waals surface area contributed by atoms with Crippen LogP contribution in [0, 0.1) is 0 Å². The third-order valence-electron chi connectivity index (χ3n) is 0.815. The van der Waals surface area contributed by atoms with Crippen LogP contribution >= 0.6 is 0 Å². The highest BCUT2D eigenvalue weighted by Crippen LogP contribution is 1.88. The molecule has 10 heavy (non-hydrogen) atoms. The van der Waals surface area contributed by atoms with Crippen molar-refractivity contribution in [2.75, 3.05) is 12.4 Å². The molecule has 4 nitrogen and oxygen atoms in total. The Balaban J connectivity index is 3.48. The standard InChI is InChI=1S/C5H10O4S/c6-4-2-1-3-5-10(7,8)9/h1-2,6H,3-5H2,(H,7,8,9). The average Bonchev–Trinajstić information content (AvgIpc) is 1.78. The minimum absolute atomic E-state index is 0.106. The van der Waals surface area contributed by atoms with Crippen molar-refractivity contribution in [2.45, 2.75) is 6.42 Å². The lowest BCUT2D eigenvalue weighted by Crippen LogP contribution is -2.01. The molecule has 0 rings (SSSR count). The maximum Gasteiger partial charge on any atom is 0.265 e. The Labute approximate surface area is 59.9 Å². The summed E-state index contributed by atoms with van der Waals surface area (Å²) in [5.74, 6) is -0.288. The van der Waals surface area contributed by atoms with E-state index in [-0.39, 0.29) is 18.8 Å². The summed E-state index contributed by atoms with van der Waals surface area (Å²) in [5.41, 5.74) is 0. The number of hydrogen-bond acceptors (Lipinski definition) is 3. The van der Waals surface area contributed by atoms with Crippen molar-refractivity contribution in [3.8, 4) is 0 Å². The quantitative estimate of drug-likeness (QED) is 0.448. The van der Waals surface area contributed by atoms with Gasteiger partial charge in [0.15, 0.2) is 0 Å². The van der Waals surface area contributed by atoms with Gasteiger partial charge < -0.3 is 5.11 Å². The van der Waals surface area contributed by atoms with Gasteiger partial charge in [0.05, 0.1) is 12.4 Å². The van der Waals surface area contributed by atoms with Gasteiger partial charge in [0.2, 0.25) is 0 Å². The number of allylic oxidation sites excluding steroid dienone is 1. The molecule has 60 valence electrons. The molecule has 0 unspecified atom stereocenters. The molecule has 0 spiro atoms. The molecule has 2 N–H and O–H groups in total. The number of rotatable bonds is 4. The molecular formula is C5H10O4S. The molecule has 0 radical (unpaired) electrons. The maximum atomic E-state index is 10.1. The monoisotopic (exact) mass is 166 g/mol. The third-order valence-corrected chi connectivity index (χ3v) is 1.57. The number of aliphatic hydroxyl groups is 1. The van der Waals surface area contributed by atoms with Gasteiger partial charge in [-0.25, -0.2) is 0 Å². The van der Waals surface area contributed by atoms with E-state index >= 15 is 0 Å². The second-order valence-electron chi connectivity index (χ2n) is 1.73. The Bertz CT molecular complexity index is 192. The molecule has 5 heteroatoms. The number of hydrogen-bond donors (Lipinski definition) is 2. The minimum Gasteiger partial charge on any atom is -0.392 e. The second-order valence-corrected chi connectivity index (χ2v) is 3.30. The minimum atomic E-state index is -3.84. The topological polar surface area (TPSA) is 74.6 Å². The highest BCUT2D eigenvalue weighted by atomic mass is 32.2. The molecule has 0 fully saturated rings. The molecule has 0 atom stereocenters. The van der Waals surface area contributed by atoms with E-state index in [1.807, 2.05) is 0 Å². The van der Waals surface area contributed by atoms with E-state index in [4.69, 9.17) is 9.66 Å². The fourth-order valence-corrected chi connectivity index (χ4v) is 0.843. The van der Waals surface area contributed by atoms with Crippen LogP contribution in [0.3, 0.4) is 0 Å². The second kappa shape index (κ2) is 4.43. The molecule has 0 aliphatic rings. The zero-order chi connectivity index (χ0) is 8.04. The van der Waals surface area contributed by atoms with Gasteiger partial charge in [-0.2, -0.15) is 8.42 Å². The Morgan fingerprint density at radius 1 is 1.30 bits per heavy atom. The summed E-state index contributed by atoms with van der Waals surface area (Å²) in [6.07, 6.45) is 3.15. The summed E-state index contributed by atoms with van der Waals surface area (Å²) in [5, 5.41) is 8.20. The normalized spacial score (nSPS) is 12.6. The van der Waals surface area contributed by atoms with Gasteiger partial charge in [0, 0.05) is 0 Å². The molecule has 0 heterocycles. The smallest absolute Gasteiger partial charge is 0.265 e. The van der Waals surface area contributed by atoms with Gasteiger partial charge >= 0.3 is 0 Å². The van der Waals surface area contributed by atoms with Crippen LogP contribution in [-0.4, -0.2) is 30.4 Å². The van der Waals surface area contributed by atoms with Crippen molar-refractivity contribution in [3.05, 3.63) is 12.2 Å². The van der Waals surface area contributed by atoms with E-state index in [1.165, 1.54) is 12.2 Å². The predicted molar refractivity (Wildman–Crippen MR) is 37.3 cm³/mol. The van der Waals surface area contributed by atoms with Crippen molar-refractivity contribution in [1.29, 1.82) is 0 Å². The van der Waals surface area contributed by atoms with E-state index in [1.54, 1.807) is 0 Å². The first-order chi connectivity index (χ1) is 4.56. The molecule has 0 aliphatic carbocycles. The molecule has 0 aromatic carbocycles.